The predicted octanol–water partition coefficient (Wildman–Crippen LogP) is 5.48. The maximum atomic E-state index is 10.4. The molecule has 2 nitrogen and oxygen atoms in total. The van der Waals surface area contributed by atoms with Gasteiger partial charge in [-0.25, -0.2) is 0 Å². The number of aliphatic hydroxyl groups excluding tert-OH is 1. The van der Waals surface area contributed by atoms with Crippen molar-refractivity contribution in [2.24, 2.45) is 0 Å². The van der Waals surface area contributed by atoms with Crippen LogP contribution in [0.2, 0.25) is 5.02 Å². The van der Waals surface area contributed by atoms with Crippen LogP contribution >= 0.6 is 11.6 Å². The largest absolute Gasteiger partial charge is 0.387 e. The smallest absolute Gasteiger partial charge is 0.0916 e. The molecule has 0 saturated carbocycles. The summed E-state index contributed by atoms with van der Waals surface area (Å²) in [5.41, 5.74) is 5.55. The second kappa shape index (κ2) is 8.50. The fourth-order valence-electron chi connectivity index (χ4n) is 3.23. The van der Waals surface area contributed by atoms with Crippen molar-refractivity contribution >= 4 is 11.6 Å². The van der Waals surface area contributed by atoms with Crippen molar-refractivity contribution in [3.8, 4) is 11.1 Å². The molecule has 0 amide bonds. The normalized spacial score (nSPS) is 12.3. The third-order valence-electron chi connectivity index (χ3n) is 4.59. The minimum Gasteiger partial charge on any atom is -0.387 e. The minimum atomic E-state index is -0.480. The molecule has 0 bridgehead atoms. The van der Waals surface area contributed by atoms with E-state index in [0.717, 1.165) is 28.3 Å². The monoisotopic (exact) mass is 365 g/mol. The van der Waals surface area contributed by atoms with E-state index in [-0.39, 0.29) is 0 Å². The molecule has 3 heteroatoms. The Bertz CT molecular complexity index is 826. The summed E-state index contributed by atoms with van der Waals surface area (Å²) in [7, 11) is 2.03. The zero-order chi connectivity index (χ0) is 18.5. The Balaban J connectivity index is 1.66. The first-order chi connectivity index (χ1) is 12.5. The Hall–Kier alpha value is -2.13. The topological polar surface area (TPSA) is 23.5 Å². The lowest BCUT2D eigenvalue weighted by atomic mass is 9.99. The summed E-state index contributed by atoms with van der Waals surface area (Å²) in [6.45, 7) is 3.45. The summed E-state index contributed by atoms with van der Waals surface area (Å²) in [4.78, 5) is 2.13. The molecule has 0 spiro atoms. The quantitative estimate of drug-likeness (QED) is 0.625. The van der Waals surface area contributed by atoms with Crippen LogP contribution in [0.4, 0.5) is 0 Å². The van der Waals surface area contributed by atoms with E-state index < -0.39 is 6.10 Å². The van der Waals surface area contributed by atoms with Gasteiger partial charge in [-0.15, -0.1) is 0 Å². The number of rotatable bonds is 6. The third kappa shape index (κ3) is 4.53. The summed E-state index contributed by atoms with van der Waals surface area (Å²) >= 11 is 6.37. The lowest BCUT2D eigenvalue weighted by Crippen LogP contribution is -2.24. The van der Waals surface area contributed by atoms with Crippen LogP contribution in [-0.4, -0.2) is 23.6 Å². The second-order valence-electron chi connectivity index (χ2n) is 6.75. The molecule has 134 valence electrons. The molecule has 0 fully saturated rings. The average Bonchev–Trinajstić information content (AvgIpc) is 2.63. The number of hydrogen-bond donors (Lipinski definition) is 1. The number of nitrogens with zero attached hydrogens (tertiary/aromatic N) is 1. The maximum absolute atomic E-state index is 10.4. The van der Waals surface area contributed by atoms with Gasteiger partial charge in [0.05, 0.1) is 6.10 Å². The number of halogens is 1. The highest BCUT2D eigenvalue weighted by Crippen LogP contribution is 2.31. The number of hydrogen-bond acceptors (Lipinski definition) is 2. The molecule has 26 heavy (non-hydrogen) atoms. The molecule has 0 aliphatic rings. The molecule has 1 atom stereocenters. The van der Waals surface area contributed by atoms with Crippen molar-refractivity contribution in [1.29, 1.82) is 0 Å². The van der Waals surface area contributed by atoms with Crippen molar-refractivity contribution in [3.63, 3.8) is 0 Å². The Labute approximate surface area is 160 Å². The van der Waals surface area contributed by atoms with Gasteiger partial charge in [-0.05, 0) is 42.3 Å². The van der Waals surface area contributed by atoms with E-state index in [1.54, 1.807) is 0 Å². The van der Waals surface area contributed by atoms with Gasteiger partial charge in [0.2, 0.25) is 0 Å². The Morgan fingerprint density at radius 2 is 1.62 bits per heavy atom. The first-order valence-corrected chi connectivity index (χ1v) is 9.18. The summed E-state index contributed by atoms with van der Waals surface area (Å²) in [5, 5.41) is 11.1. The summed E-state index contributed by atoms with van der Waals surface area (Å²) < 4.78 is 0. The van der Waals surface area contributed by atoms with Gasteiger partial charge in [0.15, 0.2) is 0 Å². The van der Waals surface area contributed by atoms with Crippen LogP contribution in [0.15, 0.2) is 72.8 Å². The first-order valence-electron chi connectivity index (χ1n) is 8.80. The molecule has 0 aliphatic carbocycles. The molecule has 0 radical (unpaired) electrons. The van der Waals surface area contributed by atoms with Crippen LogP contribution in [0.3, 0.4) is 0 Å². The molecule has 1 unspecified atom stereocenters. The van der Waals surface area contributed by atoms with Crippen LogP contribution in [0.5, 0.6) is 0 Å². The third-order valence-corrected chi connectivity index (χ3v) is 4.90. The van der Waals surface area contributed by atoms with E-state index in [4.69, 9.17) is 11.6 Å². The van der Waals surface area contributed by atoms with Crippen LogP contribution in [-0.2, 0) is 6.54 Å². The molecule has 0 aliphatic heterocycles. The fourth-order valence-corrected chi connectivity index (χ4v) is 3.56. The van der Waals surface area contributed by atoms with Crippen molar-refractivity contribution in [2.45, 2.75) is 19.6 Å². The van der Waals surface area contributed by atoms with Crippen LogP contribution in [0.25, 0.3) is 11.1 Å². The van der Waals surface area contributed by atoms with Crippen molar-refractivity contribution < 1.29 is 5.11 Å². The second-order valence-corrected chi connectivity index (χ2v) is 7.16. The van der Waals surface area contributed by atoms with Gasteiger partial charge < -0.3 is 5.11 Å². The maximum Gasteiger partial charge on any atom is 0.0916 e. The van der Waals surface area contributed by atoms with Crippen molar-refractivity contribution in [2.75, 3.05) is 13.6 Å². The van der Waals surface area contributed by atoms with Crippen LogP contribution in [0, 0.1) is 6.92 Å². The van der Waals surface area contributed by atoms with Crippen LogP contribution < -0.4 is 0 Å². The van der Waals surface area contributed by atoms with Gasteiger partial charge >= 0.3 is 0 Å². The molecular weight excluding hydrogens is 342 g/mol. The zero-order valence-corrected chi connectivity index (χ0v) is 15.9. The predicted molar refractivity (Wildman–Crippen MR) is 109 cm³/mol. The average molecular weight is 366 g/mol. The number of aryl methyl sites for hydroxylation is 1. The van der Waals surface area contributed by atoms with E-state index in [1.165, 1.54) is 11.1 Å². The van der Waals surface area contributed by atoms with Gasteiger partial charge in [-0.3, -0.25) is 4.90 Å². The fraction of sp³-hybridized carbons (Fsp3) is 0.217. The molecule has 3 rings (SSSR count). The zero-order valence-electron chi connectivity index (χ0n) is 15.2. The Morgan fingerprint density at radius 3 is 2.27 bits per heavy atom. The van der Waals surface area contributed by atoms with E-state index in [9.17, 15) is 5.11 Å². The lowest BCUT2D eigenvalue weighted by molar-refractivity contribution is 0.124. The van der Waals surface area contributed by atoms with Gasteiger partial charge in [0, 0.05) is 23.7 Å². The van der Waals surface area contributed by atoms with Gasteiger partial charge in [0.1, 0.15) is 0 Å². The van der Waals surface area contributed by atoms with Gasteiger partial charge in [-0.1, -0.05) is 78.3 Å². The number of aliphatic hydroxyl groups is 1. The SMILES string of the molecule is Cc1cccc(Cl)c1-c1ccc(CN(C)CC(O)c2ccccc2)cc1. The van der Waals surface area contributed by atoms with E-state index in [0.29, 0.717) is 6.54 Å². The standard InChI is InChI=1S/C23H24ClNO/c1-17-7-6-10-21(24)23(17)20-13-11-18(12-14-20)15-25(2)16-22(26)19-8-4-3-5-9-19/h3-14,22,26H,15-16H2,1-2H3. The molecule has 3 aromatic carbocycles. The highest BCUT2D eigenvalue weighted by molar-refractivity contribution is 6.33. The Morgan fingerprint density at radius 1 is 0.923 bits per heavy atom. The van der Waals surface area contributed by atoms with Crippen molar-refractivity contribution in [1.82, 2.24) is 4.90 Å². The molecule has 0 saturated heterocycles. The highest BCUT2D eigenvalue weighted by Gasteiger charge is 2.11. The lowest BCUT2D eigenvalue weighted by Gasteiger charge is -2.21. The summed E-state index contributed by atoms with van der Waals surface area (Å²) in [5.74, 6) is 0. The first kappa shape index (κ1) is 18.7. The highest BCUT2D eigenvalue weighted by atomic mass is 35.5. The molecule has 0 heterocycles. The molecular formula is C23H24ClNO. The molecule has 0 aromatic heterocycles. The minimum absolute atomic E-state index is 0.480. The summed E-state index contributed by atoms with van der Waals surface area (Å²) in [6, 6.07) is 24.2. The van der Waals surface area contributed by atoms with Crippen LogP contribution in [0.1, 0.15) is 22.8 Å². The number of likely N-dealkylation sites (N-methyl/N-ethyl adjacent to an activating group) is 1. The molecule has 1 N–H and O–H groups in total. The van der Waals surface area contributed by atoms with Gasteiger partial charge in [-0.2, -0.15) is 0 Å². The molecule has 3 aromatic rings. The van der Waals surface area contributed by atoms with Gasteiger partial charge in [0.25, 0.3) is 0 Å². The Kier molecular flexibility index (Phi) is 6.10. The number of benzene rings is 3. The van der Waals surface area contributed by atoms with Crippen molar-refractivity contribution in [3.05, 3.63) is 94.5 Å². The van der Waals surface area contributed by atoms with E-state index >= 15 is 0 Å². The van der Waals surface area contributed by atoms with E-state index in [1.807, 2.05) is 49.5 Å². The van der Waals surface area contributed by atoms with E-state index in [2.05, 4.69) is 42.2 Å². The summed E-state index contributed by atoms with van der Waals surface area (Å²) in [6.07, 6.45) is -0.480.